The molecule has 0 spiro atoms. The van der Waals surface area contributed by atoms with Gasteiger partial charge in [0.1, 0.15) is 0 Å². The zero-order valence-corrected chi connectivity index (χ0v) is 26.6. The predicted octanol–water partition coefficient (Wildman–Crippen LogP) is 9.38. The molecule has 0 rings (SSSR count). The summed E-state index contributed by atoms with van der Waals surface area (Å²) in [5, 5.41) is 20.1. The van der Waals surface area contributed by atoms with Crippen molar-refractivity contribution in [3.05, 3.63) is 0 Å². The van der Waals surface area contributed by atoms with Crippen LogP contribution in [0.25, 0.3) is 0 Å². The summed E-state index contributed by atoms with van der Waals surface area (Å²) in [5.74, 6) is -2.22. The van der Waals surface area contributed by atoms with Gasteiger partial charge in [-0.2, -0.15) is 0 Å². The molecule has 0 aromatic carbocycles. The molecular weight excluding hydrogens is 500 g/mol. The van der Waals surface area contributed by atoms with Crippen LogP contribution in [0.3, 0.4) is 0 Å². The minimum atomic E-state index is -1.89. The maximum atomic E-state index is 12.3. The molecule has 0 radical (unpaired) electrons. The molecule has 2 atom stereocenters. The summed E-state index contributed by atoms with van der Waals surface area (Å²) in [6.45, 7) is 4.49. The van der Waals surface area contributed by atoms with Gasteiger partial charge in [-0.1, -0.05) is 168 Å². The average Bonchev–Trinajstić information content (AvgIpc) is 2.96. The van der Waals surface area contributed by atoms with Crippen molar-refractivity contribution in [3.63, 3.8) is 0 Å². The van der Waals surface area contributed by atoms with Crippen LogP contribution in [0, 0.1) is 0 Å². The minimum Gasteiger partial charge on any atom is -0.377 e. The van der Waals surface area contributed by atoms with Crippen molar-refractivity contribution in [3.8, 4) is 0 Å². The molecule has 236 valence electrons. The highest BCUT2D eigenvalue weighted by atomic mass is 16.3. The zero-order valence-electron chi connectivity index (χ0n) is 26.6. The van der Waals surface area contributed by atoms with Crippen LogP contribution < -0.4 is 0 Å². The maximum absolute atomic E-state index is 12.3. The van der Waals surface area contributed by atoms with Gasteiger partial charge in [0.25, 0.3) is 0 Å². The van der Waals surface area contributed by atoms with Crippen LogP contribution in [0.5, 0.6) is 0 Å². The van der Waals surface area contributed by atoms with E-state index in [9.17, 15) is 24.6 Å². The van der Waals surface area contributed by atoms with E-state index in [0.29, 0.717) is 12.8 Å². The van der Waals surface area contributed by atoms with E-state index in [4.69, 9.17) is 0 Å². The lowest BCUT2D eigenvalue weighted by Gasteiger charge is -2.13. The van der Waals surface area contributed by atoms with Crippen LogP contribution in [0.2, 0.25) is 0 Å². The molecule has 5 nitrogen and oxygen atoms in total. The fourth-order valence-corrected chi connectivity index (χ4v) is 5.37. The molecule has 0 heterocycles. The van der Waals surface area contributed by atoms with E-state index in [0.717, 1.165) is 38.5 Å². The Balaban J connectivity index is 3.71. The van der Waals surface area contributed by atoms with E-state index in [1.54, 1.807) is 0 Å². The Labute approximate surface area is 247 Å². The summed E-state index contributed by atoms with van der Waals surface area (Å²) in [7, 11) is 0. The molecule has 0 fully saturated rings. The molecule has 0 amide bonds. The monoisotopic (exact) mass is 566 g/mol. The third-order valence-electron chi connectivity index (χ3n) is 8.20. The average molecular weight is 567 g/mol. The van der Waals surface area contributed by atoms with E-state index >= 15 is 0 Å². The van der Waals surface area contributed by atoms with Crippen molar-refractivity contribution in [1.29, 1.82) is 0 Å². The molecule has 0 saturated heterocycles. The van der Waals surface area contributed by atoms with Crippen LogP contribution in [-0.4, -0.2) is 39.8 Å². The van der Waals surface area contributed by atoms with Crippen molar-refractivity contribution in [2.45, 2.75) is 206 Å². The Hall–Kier alpha value is -1.07. The fourth-order valence-electron chi connectivity index (χ4n) is 5.37. The number of aliphatic hydroxyl groups excluding tert-OH is 2. The quantitative estimate of drug-likeness (QED) is 0.0625. The molecule has 2 unspecified atom stereocenters. The van der Waals surface area contributed by atoms with Crippen LogP contribution in [-0.2, 0) is 14.4 Å². The molecule has 0 saturated carbocycles. The van der Waals surface area contributed by atoms with Gasteiger partial charge in [0.2, 0.25) is 5.78 Å². The number of hydrogen-bond acceptors (Lipinski definition) is 5. The van der Waals surface area contributed by atoms with Gasteiger partial charge in [0.15, 0.2) is 23.8 Å². The highest BCUT2D eigenvalue weighted by Gasteiger charge is 2.32. The lowest BCUT2D eigenvalue weighted by atomic mass is 9.97. The summed E-state index contributed by atoms with van der Waals surface area (Å²) >= 11 is 0. The molecule has 40 heavy (non-hydrogen) atoms. The van der Waals surface area contributed by atoms with E-state index in [2.05, 4.69) is 13.8 Å². The topological polar surface area (TPSA) is 91.7 Å². The van der Waals surface area contributed by atoms with Crippen LogP contribution in [0.15, 0.2) is 0 Å². The van der Waals surface area contributed by atoms with Gasteiger partial charge >= 0.3 is 0 Å². The highest BCUT2D eigenvalue weighted by Crippen LogP contribution is 2.15. The summed E-state index contributed by atoms with van der Waals surface area (Å²) < 4.78 is 0. The van der Waals surface area contributed by atoms with E-state index < -0.39 is 29.6 Å². The second kappa shape index (κ2) is 29.4. The normalized spacial score (nSPS) is 12.9. The van der Waals surface area contributed by atoms with Gasteiger partial charge in [0.05, 0.1) is 0 Å². The number of unbranched alkanes of at least 4 members (excludes halogenated alkanes) is 24. The number of carbonyl (C=O) groups excluding carboxylic acids is 3. The van der Waals surface area contributed by atoms with Crippen molar-refractivity contribution in [2.24, 2.45) is 0 Å². The lowest BCUT2D eigenvalue weighted by Crippen LogP contribution is -2.41. The van der Waals surface area contributed by atoms with Crippen molar-refractivity contribution >= 4 is 17.3 Å². The van der Waals surface area contributed by atoms with E-state index in [1.165, 1.54) is 116 Å². The Morgan fingerprint density at radius 1 is 0.375 bits per heavy atom. The van der Waals surface area contributed by atoms with Gasteiger partial charge in [-0.25, -0.2) is 0 Å². The number of aliphatic hydroxyl groups is 2. The zero-order chi connectivity index (χ0) is 29.7. The van der Waals surface area contributed by atoms with Gasteiger partial charge in [-0.05, 0) is 12.8 Å². The summed E-state index contributed by atoms with van der Waals surface area (Å²) in [4.78, 5) is 36.7. The molecule has 0 aromatic rings. The predicted molar refractivity (Wildman–Crippen MR) is 168 cm³/mol. The smallest absolute Gasteiger partial charge is 0.204 e. The van der Waals surface area contributed by atoms with Crippen LogP contribution in [0.1, 0.15) is 194 Å². The SMILES string of the molecule is CCCCCCCCCCCCCCCC(=O)C(O)C(=O)C(O)C(=O)CCCCCCCCCCCCCCC. The summed E-state index contributed by atoms with van der Waals surface area (Å²) in [6.07, 6.45) is 27.6. The molecular formula is C35H66O5. The number of hydrogen-bond donors (Lipinski definition) is 2. The third-order valence-corrected chi connectivity index (χ3v) is 8.20. The summed E-state index contributed by atoms with van der Waals surface area (Å²) in [5.41, 5.74) is 0. The fraction of sp³-hybridized carbons (Fsp3) is 0.914. The van der Waals surface area contributed by atoms with E-state index in [1.807, 2.05) is 0 Å². The standard InChI is InChI=1S/C35H66O5/c1-3-5-7-9-11-13-15-17-19-21-23-25-27-29-31(36)33(38)35(40)34(39)32(37)30-28-26-24-22-20-18-16-14-12-10-8-6-4-2/h33-34,38-39H,3-30H2,1-2H3. The van der Waals surface area contributed by atoms with Crippen molar-refractivity contribution < 1.29 is 24.6 Å². The van der Waals surface area contributed by atoms with Crippen molar-refractivity contribution in [1.82, 2.24) is 0 Å². The molecule has 0 aromatic heterocycles. The largest absolute Gasteiger partial charge is 0.377 e. The maximum Gasteiger partial charge on any atom is 0.204 e. The molecule has 2 N–H and O–H groups in total. The Morgan fingerprint density at radius 2 is 0.575 bits per heavy atom. The first-order chi connectivity index (χ1) is 19.5. The Bertz CT molecular complexity index is 553. The lowest BCUT2D eigenvalue weighted by molar-refractivity contribution is -0.148. The first kappa shape index (κ1) is 38.9. The molecule has 0 aliphatic carbocycles. The second-order valence-corrected chi connectivity index (χ2v) is 12.1. The van der Waals surface area contributed by atoms with Gasteiger partial charge in [0, 0.05) is 12.8 Å². The Morgan fingerprint density at radius 3 is 0.800 bits per heavy atom. The number of carbonyl (C=O) groups is 3. The molecule has 0 bridgehead atoms. The molecule has 0 aliphatic rings. The van der Waals surface area contributed by atoms with Gasteiger partial charge < -0.3 is 10.2 Å². The van der Waals surface area contributed by atoms with Gasteiger partial charge in [-0.15, -0.1) is 0 Å². The molecule has 0 aliphatic heterocycles. The second-order valence-electron chi connectivity index (χ2n) is 12.1. The number of rotatable bonds is 32. The van der Waals surface area contributed by atoms with Crippen molar-refractivity contribution in [2.75, 3.05) is 0 Å². The Kier molecular flexibility index (Phi) is 28.6. The first-order valence-corrected chi connectivity index (χ1v) is 17.4. The van der Waals surface area contributed by atoms with E-state index in [-0.39, 0.29) is 12.8 Å². The highest BCUT2D eigenvalue weighted by molar-refractivity contribution is 6.15. The van der Waals surface area contributed by atoms with Gasteiger partial charge in [-0.3, -0.25) is 14.4 Å². The third kappa shape index (κ3) is 23.6. The number of ketones is 3. The summed E-state index contributed by atoms with van der Waals surface area (Å²) in [6, 6.07) is 0. The van der Waals surface area contributed by atoms with Crippen LogP contribution in [0.4, 0.5) is 0 Å². The van der Waals surface area contributed by atoms with Crippen LogP contribution >= 0.6 is 0 Å². The minimum absolute atomic E-state index is 0.116. The number of Topliss-reactive ketones (excluding diaryl/α,β-unsaturated/α-hetero) is 3. The molecule has 5 heteroatoms. The first-order valence-electron chi connectivity index (χ1n) is 17.4.